The highest BCUT2D eigenvalue weighted by atomic mass is 35.5. The molecule has 0 saturated heterocycles. The fraction of sp³-hybridized carbons (Fsp3) is 0.450. The molecular weight excluding hydrogens is 338 g/mol. The Labute approximate surface area is 152 Å². The molecule has 1 fully saturated rings. The summed E-state index contributed by atoms with van der Waals surface area (Å²) in [5.41, 5.74) is 1.73. The first-order chi connectivity index (χ1) is 12.0. The van der Waals surface area contributed by atoms with E-state index < -0.39 is 16.6 Å². The minimum Gasteiger partial charge on any atom is -0.428 e. The lowest BCUT2D eigenvalue weighted by molar-refractivity contribution is 0.0762. The van der Waals surface area contributed by atoms with Crippen LogP contribution in [0.5, 0.6) is 0 Å². The number of aliphatic hydroxyl groups excluding tert-OH is 1. The molecule has 0 spiro atoms. The Bertz CT molecular complexity index is 835. The van der Waals surface area contributed by atoms with Crippen molar-refractivity contribution in [2.45, 2.75) is 56.2 Å². The van der Waals surface area contributed by atoms with Crippen molar-refractivity contribution in [3.63, 3.8) is 0 Å². The number of rotatable bonds is 2. The first kappa shape index (κ1) is 16.7. The summed E-state index contributed by atoms with van der Waals surface area (Å²) in [4.78, 5) is 13.9. The summed E-state index contributed by atoms with van der Waals surface area (Å²) in [6.45, 7) is 2.42. The van der Waals surface area contributed by atoms with Crippen LogP contribution in [-0.2, 0) is 6.54 Å². The third-order valence-corrected chi connectivity index (χ3v) is 6.19. The van der Waals surface area contributed by atoms with Crippen LogP contribution in [-0.4, -0.2) is 16.0 Å². The van der Waals surface area contributed by atoms with Gasteiger partial charge in [-0.25, -0.2) is 4.79 Å². The Balaban J connectivity index is 1.88. The lowest BCUT2D eigenvalue weighted by Gasteiger charge is -2.52. The maximum absolute atomic E-state index is 12.5. The standard InChI is InChI=1S/C20H22ClNO3/c1-13-11-15-17(19(24)25-13)18(23)20(21)10-6-5-9-16(20)22(15)12-14-7-3-2-4-8-14/h2-4,7-8,11,16,18,23H,5-6,9-10,12H2,1H3/t16-,18-,20-/m0/s1. The number of aliphatic hydroxyl groups is 1. The quantitative estimate of drug-likeness (QED) is 0.826. The molecule has 25 heavy (non-hydrogen) atoms. The number of nitrogens with zero attached hydrogens (tertiary/aromatic N) is 1. The van der Waals surface area contributed by atoms with Gasteiger partial charge in [-0.05, 0) is 25.3 Å². The molecule has 2 aromatic rings. The maximum Gasteiger partial charge on any atom is 0.343 e. The second kappa shape index (κ2) is 6.19. The van der Waals surface area contributed by atoms with Gasteiger partial charge in [0.25, 0.3) is 0 Å². The van der Waals surface area contributed by atoms with Crippen molar-refractivity contribution >= 4 is 17.3 Å². The number of aryl methyl sites for hydroxylation is 1. The lowest BCUT2D eigenvalue weighted by atomic mass is 9.74. The Morgan fingerprint density at radius 3 is 2.84 bits per heavy atom. The second-order valence-electron chi connectivity index (χ2n) is 7.15. The number of anilines is 1. The van der Waals surface area contributed by atoms with Crippen molar-refractivity contribution in [1.29, 1.82) is 0 Å². The summed E-state index contributed by atoms with van der Waals surface area (Å²) >= 11 is 6.96. The number of halogens is 1. The molecule has 132 valence electrons. The largest absolute Gasteiger partial charge is 0.428 e. The second-order valence-corrected chi connectivity index (χ2v) is 7.85. The summed E-state index contributed by atoms with van der Waals surface area (Å²) in [6.07, 6.45) is 2.64. The molecule has 1 saturated carbocycles. The van der Waals surface area contributed by atoms with Crippen LogP contribution in [0.1, 0.15) is 48.7 Å². The molecule has 0 unspecified atom stereocenters. The minimum absolute atomic E-state index is 0.00757. The number of fused-ring (bicyclic) bond motifs is 2. The molecule has 4 rings (SSSR count). The molecule has 2 aliphatic rings. The summed E-state index contributed by atoms with van der Waals surface area (Å²) in [5, 5.41) is 11.0. The molecule has 0 amide bonds. The van der Waals surface area contributed by atoms with Crippen molar-refractivity contribution < 1.29 is 9.52 Å². The molecule has 3 atom stereocenters. The van der Waals surface area contributed by atoms with Crippen molar-refractivity contribution in [1.82, 2.24) is 0 Å². The van der Waals surface area contributed by atoms with Gasteiger partial charge in [-0.15, -0.1) is 11.6 Å². The number of hydrogen-bond donors (Lipinski definition) is 1. The average molecular weight is 360 g/mol. The van der Waals surface area contributed by atoms with E-state index >= 15 is 0 Å². The number of benzene rings is 1. The summed E-state index contributed by atoms with van der Waals surface area (Å²) in [5.74, 6) is 0.548. The van der Waals surface area contributed by atoms with E-state index in [1.165, 1.54) is 0 Å². The molecular formula is C20H22ClNO3. The Morgan fingerprint density at radius 1 is 1.32 bits per heavy atom. The van der Waals surface area contributed by atoms with Gasteiger partial charge < -0.3 is 14.4 Å². The van der Waals surface area contributed by atoms with Crippen LogP contribution >= 0.6 is 11.6 Å². The van der Waals surface area contributed by atoms with Crippen LogP contribution in [0.15, 0.2) is 45.6 Å². The smallest absolute Gasteiger partial charge is 0.343 e. The molecule has 5 heteroatoms. The molecule has 1 aromatic carbocycles. The van der Waals surface area contributed by atoms with E-state index in [1.54, 1.807) is 6.92 Å². The summed E-state index contributed by atoms with van der Waals surface area (Å²) < 4.78 is 5.27. The molecule has 4 nitrogen and oxygen atoms in total. The predicted octanol–water partition coefficient (Wildman–Crippen LogP) is 3.92. The molecule has 0 bridgehead atoms. The topological polar surface area (TPSA) is 53.7 Å². The van der Waals surface area contributed by atoms with Gasteiger partial charge in [0.05, 0.1) is 22.2 Å². The van der Waals surface area contributed by atoms with Gasteiger partial charge in [-0.2, -0.15) is 0 Å². The molecule has 1 aliphatic carbocycles. The average Bonchev–Trinajstić information content (AvgIpc) is 2.59. The first-order valence-electron chi connectivity index (χ1n) is 8.83. The third-order valence-electron chi connectivity index (χ3n) is 5.54. The fourth-order valence-corrected chi connectivity index (χ4v) is 4.82. The highest BCUT2D eigenvalue weighted by Crippen LogP contribution is 2.52. The fourth-order valence-electron chi connectivity index (χ4n) is 4.35. The molecule has 1 aromatic heterocycles. The van der Waals surface area contributed by atoms with Gasteiger partial charge in [0.2, 0.25) is 0 Å². The first-order valence-corrected chi connectivity index (χ1v) is 9.20. The van der Waals surface area contributed by atoms with Crippen LogP contribution in [0.25, 0.3) is 0 Å². The summed E-state index contributed by atoms with van der Waals surface area (Å²) in [6, 6.07) is 12.0. The molecule has 1 N–H and O–H groups in total. The zero-order valence-electron chi connectivity index (χ0n) is 14.2. The van der Waals surface area contributed by atoms with Crippen molar-refractivity contribution in [3.05, 3.63) is 63.7 Å². The van der Waals surface area contributed by atoms with Gasteiger partial charge in [0, 0.05) is 12.6 Å². The monoisotopic (exact) mass is 359 g/mol. The van der Waals surface area contributed by atoms with Gasteiger partial charge in [0.1, 0.15) is 11.9 Å². The van der Waals surface area contributed by atoms with Crippen molar-refractivity contribution in [2.75, 3.05) is 4.90 Å². The van der Waals surface area contributed by atoms with Crippen LogP contribution in [0, 0.1) is 6.92 Å². The lowest BCUT2D eigenvalue weighted by Crippen LogP contribution is -2.58. The minimum atomic E-state index is -1.00. The van der Waals surface area contributed by atoms with E-state index in [4.69, 9.17) is 16.0 Å². The van der Waals surface area contributed by atoms with Gasteiger partial charge in [-0.3, -0.25) is 0 Å². The summed E-state index contributed by atoms with van der Waals surface area (Å²) in [7, 11) is 0. The SMILES string of the molecule is Cc1cc2c(c(=O)o1)[C@H](O)[C@]1(Cl)CCCC[C@@H]1N2Cc1ccccc1. The van der Waals surface area contributed by atoms with Crippen LogP contribution in [0.3, 0.4) is 0 Å². The van der Waals surface area contributed by atoms with E-state index in [0.29, 0.717) is 24.3 Å². The molecule has 1 aliphatic heterocycles. The predicted molar refractivity (Wildman–Crippen MR) is 98.1 cm³/mol. The van der Waals surface area contributed by atoms with Crippen molar-refractivity contribution in [3.8, 4) is 0 Å². The van der Waals surface area contributed by atoms with Gasteiger partial charge >= 0.3 is 5.63 Å². The van der Waals surface area contributed by atoms with E-state index in [9.17, 15) is 9.90 Å². The van der Waals surface area contributed by atoms with E-state index in [1.807, 2.05) is 24.3 Å². The normalized spacial score (nSPS) is 28.4. The Kier molecular flexibility index (Phi) is 4.13. The van der Waals surface area contributed by atoms with Gasteiger partial charge in [-0.1, -0.05) is 43.2 Å². The zero-order valence-corrected chi connectivity index (χ0v) is 15.0. The Hall–Kier alpha value is -1.78. The maximum atomic E-state index is 12.5. The number of alkyl halides is 1. The number of hydrogen-bond acceptors (Lipinski definition) is 4. The van der Waals surface area contributed by atoms with Crippen LogP contribution in [0.2, 0.25) is 0 Å². The third kappa shape index (κ3) is 2.68. The zero-order chi connectivity index (χ0) is 17.6. The van der Waals surface area contributed by atoms with E-state index in [0.717, 1.165) is 30.5 Å². The van der Waals surface area contributed by atoms with E-state index in [2.05, 4.69) is 17.0 Å². The van der Waals surface area contributed by atoms with Crippen LogP contribution in [0.4, 0.5) is 5.69 Å². The highest BCUT2D eigenvalue weighted by molar-refractivity contribution is 6.25. The van der Waals surface area contributed by atoms with Crippen molar-refractivity contribution in [2.24, 2.45) is 0 Å². The van der Waals surface area contributed by atoms with E-state index in [-0.39, 0.29) is 6.04 Å². The van der Waals surface area contributed by atoms with Gasteiger partial charge in [0.15, 0.2) is 0 Å². The van der Waals surface area contributed by atoms with Crippen LogP contribution < -0.4 is 10.5 Å². The highest BCUT2D eigenvalue weighted by Gasteiger charge is 2.53. The molecule has 2 heterocycles. The Morgan fingerprint density at radius 2 is 2.08 bits per heavy atom. The molecule has 0 radical (unpaired) electrons.